The van der Waals surface area contributed by atoms with Gasteiger partial charge in [0.2, 0.25) is 5.91 Å². The minimum atomic E-state index is -0.943. The fourth-order valence-electron chi connectivity index (χ4n) is 2.36. The number of carbonyl (C=O) groups is 1. The standard InChI is InChI=1S/C18H18BrF2NO3/c1-10(11-4-5-14(20)15(21)6-11)22-18(23)8-12-7-16(24-2)17(25-3)9-13(12)19/h4-7,9-10H,8H2,1-3H3,(H,22,23)/t10-/m1/s1. The van der Waals surface area contributed by atoms with E-state index < -0.39 is 17.7 Å². The van der Waals surface area contributed by atoms with Crippen molar-refractivity contribution < 1.29 is 23.0 Å². The first-order valence-electron chi connectivity index (χ1n) is 7.50. The first-order valence-corrected chi connectivity index (χ1v) is 8.29. The zero-order valence-corrected chi connectivity index (χ0v) is 15.6. The molecule has 1 atom stereocenters. The van der Waals surface area contributed by atoms with Crippen LogP contribution in [0.4, 0.5) is 8.78 Å². The molecule has 0 radical (unpaired) electrons. The van der Waals surface area contributed by atoms with Crippen molar-refractivity contribution in [2.75, 3.05) is 14.2 Å². The molecule has 2 rings (SSSR count). The van der Waals surface area contributed by atoms with Crippen LogP contribution >= 0.6 is 15.9 Å². The highest BCUT2D eigenvalue weighted by molar-refractivity contribution is 9.10. The highest BCUT2D eigenvalue weighted by Crippen LogP contribution is 2.33. The van der Waals surface area contributed by atoms with Crippen LogP contribution in [0.3, 0.4) is 0 Å². The van der Waals surface area contributed by atoms with Crippen molar-refractivity contribution in [3.63, 3.8) is 0 Å². The van der Waals surface area contributed by atoms with Gasteiger partial charge in [-0.05, 0) is 42.3 Å². The van der Waals surface area contributed by atoms with Crippen LogP contribution < -0.4 is 14.8 Å². The van der Waals surface area contributed by atoms with Crippen molar-refractivity contribution in [1.82, 2.24) is 5.32 Å². The van der Waals surface area contributed by atoms with Crippen LogP contribution in [0, 0.1) is 11.6 Å². The molecule has 1 amide bonds. The summed E-state index contributed by atoms with van der Waals surface area (Å²) >= 11 is 3.40. The predicted octanol–water partition coefficient (Wildman–Crippen LogP) is 4.16. The van der Waals surface area contributed by atoms with Crippen LogP contribution in [0.15, 0.2) is 34.8 Å². The molecule has 0 aromatic heterocycles. The lowest BCUT2D eigenvalue weighted by atomic mass is 10.1. The number of methoxy groups -OCH3 is 2. The van der Waals surface area contributed by atoms with E-state index in [0.717, 1.165) is 12.1 Å². The maximum atomic E-state index is 13.3. The largest absolute Gasteiger partial charge is 0.493 e. The molecular weight excluding hydrogens is 396 g/mol. The Kier molecular flexibility index (Phi) is 6.36. The van der Waals surface area contributed by atoms with Crippen LogP contribution in [0.2, 0.25) is 0 Å². The van der Waals surface area contributed by atoms with E-state index in [4.69, 9.17) is 9.47 Å². The summed E-state index contributed by atoms with van der Waals surface area (Å²) in [5, 5.41) is 2.76. The number of amides is 1. The third-order valence-corrected chi connectivity index (χ3v) is 4.46. The summed E-state index contributed by atoms with van der Waals surface area (Å²) in [5.41, 5.74) is 1.20. The Labute approximate surface area is 153 Å². The van der Waals surface area contributed by atoms with E-state index in [1.165, 1.54) is 20.3 Å². The molecule has 7 heteroatoms. The Morgan fingerprint density at radius 2 is 1.76 bits per heavy atom. The van der Waals surface area contributed by atoms with Crippen LogP contribution in [-0.2, 0) is 11.2 Å². The van der Waals surface area contributed by atoms with Gasteiger partial charge in [0.15, 0.2) is 23.1 Å². The molecule has 2 aromatic rings. The number of nitrogens with one attached hydrogen (secondary N) is 1. The highest BCUT2D eigenvalue weighted by atomic mass is 79.9. The second kappa shape index (κ2) is 8.29. The monoisotopic (exact) mass is 413 g/mol. The molecule has 0 saturated heterocycles. The molecule has 0 unspecified atom stereocenters. The van der Waals surface area contributed by atoms with Gasteiger partial charge in [-0.25, -0.2) is 8.78 Å². The van der Waals surface area contributed by atoms with Crippen LogP contribution in [0.5, 0.6) is 11.5 Å². The number of hydrogen-bond donors (Lipinski definition) is 1. The third-order valence-electron chi connectivity index (χ3n) is 3.72. The van der Waals surface area contributed by atoms with Gasteiger partial charge in [-0.3, -0.25) is 4.79 Å². The number of carbonyl (C=O) groups excluding carboxylic acids is 1. The topological polar surface area (TPSA) is 47.6 Å². The van der Waals surface area contributed by atoms with Crippen LogP contribution in [0.25, 0.3) is 0 Å². The lowest BCUT2D eigenvalue weighted by molar-refractivity contribution is -0.121. The van der Waals surface area contributed by atoms with Gasteiger partial charge in [0, 0.05) is 4.47 Å². The minimum Gasteiger partial charge on any atom is -0.493 e. The number of hydrogen-bond acceptors (Lipinski definition) is 3. The van der Waals surface area contributed by atoms with E-state index in [0.29, 0.717) is 27.1 Å². The SMILES string of the molecule is COc1cc(Br)c(CC(=O)N[C@H](C)c2ccc(F)c(F)c2)cc1OC. The first kappa shape index (κ1) is 19.2. The Bertz CT molecular complexity index is 783. The minimum absolute atomic E-state index is 0.0922. The van der Waals surface area contributed by atoms with E-state index in [1.54, 1.807) is 19.1 Å². The number of ether oxygens (including phenoxy) is 2. The Morgan fingerprint density at radius 1 is 1.12 bits per heavy atom. The summed E-state index contributed by atoms with van der Waals surface area (Å²) in [4.78, 5) is 12.3. The Balaban J connectivity index is 2.10. The number of benzene rings is 2. The lowest BCUT2D eigenvalue weighted by Gasteiger charge is -2.16. The molecule has 0 heterocycles. The fraction of sp³-hybridized carbons (Fsp3) is 0.278. The van der Waals surface area contributed by atoms with Gasteiger partial charge in [-0.15, -0.1) is 0 Å². The van der Waals surface area contributed by atoms with Gasteiger partial charge >= 0.3 is 0 Å². The van der Waals surface area contributed by atoms with Gasteiger partial charge in [0.25, 0.3) is 0 Å². The van der Waals surface area contributed by atoms with Gasteiger partial charge in [0.1, 0.15) is 0 Å². The Morgan fingerprint density at radius 3 is 2.36 bits per heavy atom. The lowest BCUT2D eigenvalue weighted by Crippen LogP contribution is -2.28. The molecule has 0 saturated carbocycles. The highest BCUT2D eigenvalue weighted by Gasteiger charge is 2.16. The molecule has 2 aromatic carbocycles. The average Bonchev–Trinajstić information content (AvgIpc) is 2.58. The van der Waals surface area contributed by atoms with Gasteiger partial charge in [0.05, 0.1) is 26.7 Å². The molecule has 0 aliphatic heterocycles. The van der Waals surface area contributed by atoms with Crippen molar-refractivity contribution in [2.24, 2.45) is 0 Å². The fourth-order valence-corrected chi connectivity index (χ4v) is 2.82. The van der Waals surface area contributed by atoms with Crippen molar-refractivity contribution in [1.29, 1.82) is 0 Å². The van der Waals surface area contributed by atoms with Gasteiger partial charge in [-0.2, -0.15) is 0 Å². The summed E-state index contributed by atoms with van der Waals surface area (Å²) in [5.74, 6) is -1.06. The smallest absolute Gasteiger partial charge is 0.224 e. The molecule has 0 spiro atoms. The second-order valence-corrected chi connectivity index (χ2v) is 6.29. The summed E-state index contributed by atoms with van der Waals surface area (Å²) in [6, 6.07) is 6.53. The molecule has 25 heavy (non-hydrogen) atoms. The maximum absolute atomic E-state index is 13.3. The van der Waals surface area contributed by atoms with E-state index >= 15 is 0 Å². The van der Waals surface area contributed by atoms with E-state index in [9.17, 15) is 13.6 Å². The molecule has 0 aliphatic carbocycles. The van der Waals surface area contributed by atoms with Crippen LogP contribution in [0.1, 0.15) is 24.1 Å². The van der Waals surface area contributed by atoms with Crippen molar-refractivity contribution in [3.8, 4) is 11.5 Å². The molecule has 0 bridgehead atoms. The van der Waals surface area contributed by atoms with Crippen molar-refractivity contribution in [3.05, 3.63) is 57.6 Å². The molecule has 1 N–H and O–H groups in total. The summed E-state index contributed by atoms with van der Waals surface area (Å²) in [6.45, 7) is 1.70. The zero-order valence-electron chi connectivity index (χ0n) is 14.0. The molecule has 134 valence electrons. The normalized spacial score (nSPS) is 11.8. The summed E-state index contributed by atoms with van der Waals surface area (Å²) < 4.78 is 37.5. The van der Waals surface area contributed by atoms with Crippen molar-refractivity contribution in [2.45, 2.75) is 19.4 Å². The zero-order chi connectivity index (χ0) is 18.6. The number of halogens is 3. The first-order chi connectivity index (χ1) is 11.8. The quantitative estimate of drug-likeness (QED) is 0.772. The van der Waals surface area contributed by atoms with E-state index in [1.807, 2.05) is 0 Å². The summed E-state index contributed by atoms with van der Waals surface area (Å²) in [6.07, 6.45) is 0.0922. The van der Waals surface area contributed by atoms with Gasteiger partial charge in [-0.1, -0.05) is 22.0 Å². The Hall–Kier alpha value is -2.15. The predicted molar refractivity (Wildman–Crippen MR) is 93.9 cm³/mol. The average molecular weight is 414 g/mol. The maximum Gasteiger partial charge on any atom is 0.224 e. The van der Waals surface area contributed by atoms with E-state index in [2.05, 4.69) is 21.2 Å². The third kappa shape index (κ3) is 4.69. The number of rotatable bonds is 6. The van der Waals surface area contributed by atoms with E-state index in [-0.39, 0.29) is 12.3 Å². The molecule has 0 fully saturated rings. The van der Waals surface area contributed by atoms with Gasteiger partial charge < -0.3 is 14.8 Å². The molecule has 0 aliphatic rings. The van der Waals surface area contributed by atoms with Crippen molar-refractivity contribution >= 4 is 21.8 Å². The molecule has 4 nitrogen and oxygen atoms in total. The van der Waals surface area contributed by atoms with Crippen LogP contribution in [-0.4, -0.2) is 20.1 Å². The summed E-state index contributed by atoms with van der Waals surface area (Å²) in [7, 11) is 3.04. The second-order valence-electron chi connectivity index (χ2n) is 5.44. The molecular formula is C18H18BrF2NO3.